The van der Waals surface area contributed by atoms with Crippen molar-refractivity contribution in [2.45, 2.75) is 4.90 Å². The Bertz CT molecular complexity index is 726. The van der Waals surface area contributed by atoms with Gasteiger partial charge >= 0.3 is 0 Å². The Kier molecular flexibility index (Phi) is 2.80. The molecule has 0 unspecified atom stereocenters. The Balaban J connectivity index is 2.98. The number of nitrogen functional groups attached to an aromatic ring is 1. The van der Waals surface area contributed by atoms with Gasteiger partial charge in [0.15, 0.2) is 0 Å². The van der Waals surface area contributed by atoms with Gasteiger partial charge in [-0.15, -0.1) is 0 Å². The molecule has 96 valence electrons. The molecule has 6 nitrogen and oxygen atoms in total. The molecule has 0 saturated carbocycles. The summed E-state index contributed by atoms with van der Waals surface area (Å²) in [5.41, 5.74) is 6.76. The molecule has 0 aliphatic heterocycles. The summed E-state index contributed by atoms with van der Waals surface area (Å²) in [4.78, 5) is -0.374. The number of phenolic OH excluding ortho intramolecular Hbond substituents is 1. The average molecular weight is 267 g/mol. The van der Waals surface area contributed by atoms with E-state index >= 15 is 0 Å². The zero-order valence-corrected chi connectivity index (χ0v) is 10.5. The molecule has 0 bridgehead atoms. The van der Waals surface area contributed by atoms with Gasteiger partial charge in [-0.1, -0.05) is 12.1 Å². The topological polar surface area (TPSA) is 118 Å². The molecule has 2 aromatic carbocycles. The summed E-state index contributed by atoms with van der Waals surface area (Å²) < 4.78 is 22.7. The number of benzene rings is 2. The molecule has 2 aromatic rings. The zero-order chi connectivity index (χ0) is 13.5. The number of anilines is 2. The fourth-order valence-electron chi connectivity index (χ4n) is 1.90. The number of rotatable bonds is 2. The van der Waals surface area contributed by atoms with Crippen LogP contribution in [0.5, 0.6) is 5.75 Å². The lowest BCUT2D eigenvalue weighted by molar-refractivity contribution is 0.465. The highest BCUT2D eigenvalue weighted by molar-refractivity contribution is 7.89. The molecule has 7 heteroatoms. The van der Waals surface area contributed by atoms with E-state index in [4.69, 9.17) is 10.9 Å². The predicted octanol–water partition coefficient (Wildman–Crippen LogP) is 0.817. The van der Waals surface area contributed by atoms with E-state index < -0.39 is 10.0 Å². The number of sulfonamides is 1. The van der Waals surface area contributed by atoms with Crippen LogP contribution in [-0.4, -0.2) is 20.6 Å². The van der Waals surface area contributed by atoms with E-state index in [1.165, 1.54) is 0 Å². The Hall–Kier alpha value is -1.99. The van der Waals surface area contributed by atoms with Crippen LogP contribution in [0.4, 0.5) is 11.4 Å². The average Bonchev–Trinajstić information content (AvgIpc) is 2.31. The van der Waals surface area contributed by atoms with Crippen LogP contribution in [-0.2, 0) is 10.0 Å². The first kappa shape index (κ1) is 12.5. The van der Waals surface area contributed by atoms with Crippen LogP contribution in [0.25, 0.3) is 10.8 Å². The van der Waals surface area contributed by atoms with E-state index in [2.05, 4.69) is 5.32 Å². The van der Waals surface area contributed by atoms with Crippen LogP contribution in [0.1, 0.15) is 0 Å². The number of hydrogen-bond acceptors (Lipinski definition) is 5. The van der Waals surface area contributed by atoms with Gasteiger partial charge in [-0.2, -0.15) is 0 Å². The third-order valence-corrected chi connectivity index (χ3v) is 3.63. The quantitative estimate of drug-likeness (QED) is 0.474. The molecule has 0 heterocycles. The molecule has 0 spiro atoms. The molecule has 6 N–H and O–H groups in total. The monoisotopic (exact) mass is 267 g/mol. The minimum Gasteiger partial charge on any atom is -0.506 e. The predicted molar refractivity (Wildman–Crippen MR) is 70.9 cm³/mol. The van der Waals surface area contributed by atoms with Crippen LogP contribution in [0.15, 0.2) is 29.2 Å². The Morgan fingerprint density at radius 2 is 2.00 bits per heavy atom. The highest BCUT2D eigenvalue weighted by Gasteiger charge is 2.19. The van der Waals surface area contributed by atoms with Crippen molar-refractivity contribution in [1.29, 1.82) is 0 Å². The lowest BCUT2D eigenvalue weighted by Gasteiger charge is -2.12. The van der Waals surface area contributed by atoms with Crippen molar-refractivity contribution in [1.82, 2.24) is 0 Å². The van der Waals surface area contributed by atoms with E-state index in [1.54, 1.807) is 25.2 Å². The SMILES string of the molecule is CNc1cccc2c(O)c(S(N)(=O)=O)cc(N)c12. The van der Waals surface area contributed by atoms with Crippen molar-refractivity contribution in [3.63, 3.8) is 0 Å². The Morgan fingerprint density at radius 1 is 1.33 bits per heavy atom. The number of hydrogen-bond donors (Lipinski definition) is 4. The van der Waals surface area contributed by atoms with Crippen LogP contribution in [0.2, 0.25) is 0 Å². The number of phenols is 1. The van der Waals surface area contributed by atoms with Gasteiger partial charge in [-0.3, -0.25) is 0 Å². The maximum absolute atomic E-state index is 11.4. The summed E-state index contributed by atoms with van der Waals surface area (Å²) in [7, 11) is -2.31. The van der Waals surface area contributed by atoms with Crippen LogP contribution in [0, 0.1) is 0 Å². The molecule has 0 radical (unpaired) electrons. The highest BCUT2D eigenvalue weighted by atomic mass is 32.2. The second-order valence-corrected chi connectivity index (χ2v) is 5.37. The van der Waals surface area contributed by atoms with E-state index in [9.17, 15) is 13.5 Å². The van der Waals surface area contributed by atoms with Gasteiger partial charge in [0.1, 0.15) is 10.6 Å². The first-order chi connectivity index (χ1) is 8.36. The summed E-state index contributed by atoms with van der Waals surface area (Å²) in [6.45, 7) is 0. The molecule has 0 aromatic heterocycles. The van der Waals surface area contributed by atoms with Gasteiger partial charge < -0.3 is 16.2 Å². The molecular formula is C11H13N3O3S. The van der Waals surface area contributed by atoms with Crippen molar-refractivity contribution >= 4 is 32.2 Å². The second-order valence-electron chi connectivity index (χ2n) is 3.84. The lowest BCUT2D eigenvalue weighted by Crippen LogP contribution is -2.13. The molecule has 18 heavy (non-hydrogen) atoms. The summed E-state index contributed by atoms with van der Waals surface area (Å²) >= 11 is 0. The van der Waals surface area contributed by atoms with Crippen molar-refractivity contribution in [3.05, 3.63) is 24.3 Å². The minimum atomic E-state index is -4.02. The molecule has 0 amide bonds. The third-order valence-electron chi connectivity index (χ3n) is 2.70. The summed E-state index contributed by atoms with van der Waals surface area (Å²) in [5.74, 6) is -0.390. The van der Waals surface area contributed by atoms with E-state index in [0.29, 0.717) is 16.5 Å². The Morgan fingerprint density at radius 3 is 2.56 bits per heavy atom. The first-order valence-corrected chi connectivity index (χ1v) is 6.65. The van der Waals surface area contributed by atoms with Crippen LogP contribution < -0.4 is 16.2 Å². The number of aromatic hydroxyl groups is 1. The normalized spacial score (nSPS) is 11.7. The van der Waals surface area contributed by atoms with Gasteiger partial charge in [0.25, 0.3) is 0 Å². The van der Waals surface area contributed by atoms with Gasteiger partial charge in [0, 0.05) is 29.2 Å². The van der Waals surface area contributed by atoms with Crippen LogP contribution >= 0.6 is 0 Å². The standard InChI is InChI=1S/C11H13N3O3S/c1-14-8-4-2-3-6-10(8)7(12)5-9(11(6)15)18(13,16)17/h2-5,14-15H,12H2,1H3,(H2,13,16,17). The summed E-state index contributed by atoms with van der Waals surface area (Å²) in [6.07, 6.45) is 0. The van der Waals surface area contributed by atoms with Crippen molar-refractivity contribution in [2.24, 2.45) is 5.14 Å². The molecule has 0 aliphatic rings. The van der Waals surface area contributed by atoms with E-state index in [1.807, 2.05) is 0 Å². The van der Waals surface area contributed by atoms with Gasteiger partial charge in [-0.25, -0.2) is 13.6 Å². The molecule has 0 atom stereocenters. The fourth-order valence-corrected chi connectivity index (χ4v) is 2.57. The second kappa shape index (κ2) is 4.04. The smallest absolute Gasteiger partial charge is 0.241 e. The largest absolute Gasteiger partial charge is 0.506 e. The number of nitrogens with two attached hydrogens (primary N) is 2. The molecule has 2 rings (SSSR count). The van der Waals surface area contributed by atoms with E-state index in [0.717, 1.165) is 6.07 Å². The summed E-state index contributed by atoms with van der Waals surface area (Å²) in [5, 5.41) is 18.8. The van der Waals surface area contributed by atoms with E-state index in [-0.39, 0.29) is 16.3 Å². The lowest BCUT2D eigenvalue weighted by atomic mass is 10.1. The van der Waals surface area contributed by atoms with Gasteiger partial charge in [-0.05, 0) is 12.1 Å². The number of fused-ring (bicyclic) bond motifs is 1. The Labute approximate surface area is 104 Å². The third kappa shape index (κ3) is 1.83. The number of primary sulfonamides is 1. The van der Waals surface area contributed by atoms with Crippen molar-refractivity contribution in [2.75, 3.05) is 18.1 Å². The van der Waals surface area contributed by atoms with Gasteiger partial charge in [0.2, 0.25) is 10.0 Å². The maximum atomic E-state index is 11.4. The fraction of sp³-hybridized carbons (Fsp3) is 0.0909. The minimum absolute atomic E-state index is 0.233. The molecule has 0 saturated heterocycles. The number of nitrogens with one attached hydrogen (secondary N) is 1. The van der Waals surface area contributed by atoms with Crippen molar-refractivity contribution in [3.8, 4) is 5.75 Å². The maximum Gasteiger partial charge on any atom is 0.241 e. The molecule has 0 fully saturated rings. The van der Waals surface area contributed by atoms with Crippen LogP contribution in [0.3, 0.4) is 0 Å². The van der Waals surface area contributed by atoms with Gasteiger partial charge in [0.05, 0.1) is 0 Å². The zero-order valence-electron chi connectivity index (χ0n) is 9.64. The molecular weight excluding hydrogens is 254 g/mol. The highest BCUT2D eigenvalue weighted by Crippen LogP contribution is 2.38. The van der Waals surface area contributed by atoms with Crippen molar-refractivity contribution < 1.29 is 13.5 Å². The first-order valence-electron chi connectivity index (χ1n) is 5.11. The summed E-state index contributed by atoms with van der Waals surface area (Å²) in [6, 6.07) is 6.19. The molecule has 0 aliphatic carbocycles.